The summed E-state index contributed by atoms with van der Waals surface area (Å²) in [5.74, 6) is -0.251. The van der Waals surface area contributed by atoms with Crippen molar-refractivity contribution in [2.45, 2.75) is 26.2 Å². The molecule has 12 heavy (non-hydrogen) atoms. The maximum absolute atomic E-state index is 11.2. The molecular formula is C7H13NO3S. The minimum atomic E-state index is -3.22. The van der Waals surface area contributed by atoms with Gasteiger partial charge in [0.15, 0.2) is 0 Å². The molecule has 1 saturated heterocycles. The van der Waals surface area contributed by atoms with Gasteiger partial charge in [0.2, 0.25) is 15.9 Å². The molecule has 0 unspecified atom stereocenters. The van der Waals surface area contributed by atoms with Crippen LogP contribution >= 0.6 is 0 Å². The highest BCUT2D eigenvalue weighted by Gasteiger charge is 2.33. The number of amides is 1. The number of sulfonamides is 1. The molecule has 1 amide bonds. The highest BCUT2D eigenvalue weighted by atomic mass is 32.2. The molecule has 5 heteroatoms. The van der Waals surface area contributed by atoms with Crippen LogP contribution in [0.2, 0.25) is 0 Å². The van der Waals surface area contributed by atoms with Crippen molar-refractivity contribution in [1.29, 1.82) is 0 Å². The maximum atomic E-state index is 11.2. The number of carbonyl (C=O) groups is 1. The molecule has 0 aliphatic carbocycles. The first kappa shape index (κ1) is 9.51. The van der Waals surface area contributed by atoms with Crippen LogP contribution in [0.25, 0.3) is 0 Å². The standard InChI is InChI=1S/C7H13NO3S/c1-2-3-5-8-7(9)4-6-12(8,10)11/h2-6H2,1H3. The van der Waals surface area contributed by atoms with Gasteiger partial charge in [0, 0.05) is 13.0 Å². The van der Waals surface area contributed by atoms with Crippen LogP contribution in [-0.4, -0.2) is 30.9 Å². The molecule has 0 radical (unpaired) electrons. The Morgan fingerprint density at radius 1 is 1.50 bits per heavy atom. The number of carbonyl (C=O) groups excluding carboxylic acids is 1. The van der Waals surface area contributed by atoms with E-state index in [1.54, 1.807) is 0 Å². The zero-order chi connectivity index (χ0) is 9.19. The topological polar surface area (TPSA) is 54.5 Å². The third-order valence-corrected chi connectivity index (χ3v) is 3.68. The van der Waals surface area contributed by atoms with Crippen molar-refractivity contribution < 1.29 is 13.2 Å². The van der Waals surface area contributed by atoms with Gasteiger partial charge in [-0.15, -0.1) is 0 Å². The van der Waals surface area contributed by atoms with Gasteiger partial charge in [-0.1, -0.05) is 13.3 Å². The Bertz CT molecular complexity index is 270. The third-order valence-electron chi connectivity index (χ3n) is 1.90. The summed E-state index contributed by atoms with van der Waals surface area (Å²) < 4.78 is 23.4. The molecular weight excluding hydrogens is 178 g/mol. The molecule has 1 fully saturated rings. The van der Waals surface area contributed by atoms with Gasteiger partial charge in [-0.3, -0.25) is 4.79 Å². The summed E-state index contributed by atoms with van der Waals surface area (Å²) in [4.78, 5) is 11.0. The molecule has 70 valence electrons. The van der Waals surface area contributed by atoms with Gasteiger partial charge >= 0.3 is 0 Å². The molecule has 0 saturated carbocycles. The van der Waals surface area contributed by atoms with Crippen LogP contribution in [0.3, 0.4) is 0 Å². The zero-order valence-corrected chi connectivity index (χ0v) is 7.93. The van der Waals surface area contributed by atoms with Crippen LogP contribution in [0.15, 0.2) is 0 Å². The van der Waals surface area contributed by atoms with Crippen molar-refractivity contribution in [2.75, 3.05) is 12.3 Å². The van der Waals surface area contributed by atoms with E-state index in [4.69, 9.17) is 0 Å². The number of rotatable bonds is 3. The Hall–Kier alpha value is -0.580. The zero-order valence-electron chi connectivity index (χ0n) is 7.12. The summed E-state index contributed by atoms with van der Waals surface area (Å²) in [6.07, 6.45) is 1.82. The number of hydrogen-bond acceptors (Lipinski definition) is 3. The summed E-state index contributed by atoms with van der Waals surface area (Å²) in [7, 11) is -3.22. The van der Waals surface area contributed by atoms with E-state index in [0.717, 1.165) is 17.1 Å². The summed E-state index contributed by atoms with van der Waals surface area (Å²) in [5.41, 5.74) is 0. The minimum absolute atomic E-state index is 0.00442. The van der Waals surface area contributed by atoms with Crippen molar-refractivity contribution in [2.24, 2.45) is 0 Å². The van der Waals surface area contributed by atoms with Crippen LogP contribution in [0.5, 0.6) is 0 Å². The molecule has 1 aliphatic heterocycles. The molecule has 0 spiro atoms. The van der Waals surface area contributed by atoms with E-state index in [1.807, 2.05) is 6.92 Å². The fraction of sp³-hybridized carbons (Fsp3) is 0.857. The molecule has 0 N–H and O–H groups in total. The van der Waals surface area contributed by atoms with Gasteiger partial charge in [-0.25, -0.2) is 12.7 Å². The summed E-state index contributed by atoms with van der Waals surface area (Å²) in [6, 6.07) is 0. The van der Waals surface area contributed by atoms with Crippen LogP contribution < -0.4 is 0 Å². The first-order valence-electron chi connectivity index (χ1n) is 4.11. The van der Waals surface area contributed by atoms with Crippen LogP contribution in [0.4, 0.5) is 0 Å². The van der Waals surface area contributed by atoms with Crippen molar-refractivity contribution in [3.05, 3.63) is 0 Å². The summed E-state index contributed by atoms with van der Waals surface area (Å²) in [6.45, 7) is 2.32. The average molecular weight is 191 g/mol. The lowest BCUT2D eigenvalue weighted by Crippen LogP contribution is -2.30. The largest absolute Gasteiger partial charge is 0.274 e. The molecule has 0 aromatic carbocycles. The van der Waals surface area contributed by atoms with Crippen molar-refractivity contribution in [3.8, 4) is 0 Å². The molecule has 1 rings (SSSR count). The van der Waals surface area contributed by atoms with Crippen LogP contribution in [0, 0.1) is 0 Å². The van der Waals surface area contributed by atoms with E-state index >= 15 is 0 Å². The lowest BCUT2D eigenvalue weighted by Gasteiger charge is -2.13. The highest BCUT2D eigenvalue weighted by Crippen LogP contribution is 2.15. The average Bonchev–Trinajstić information content (AvgIpc) is 2.24. The number of unbranched alkanes of at least 4 members (excludes halogenated alkanes) is 1. The smallest absolute Gasteiger partial charge is 0.237 e. The van der Waals surface area contributed by atoms with Gasteiger partial charge in [-0.05, 0) is 6.42 Å². The molecule has 4 nitrogen and oxygen atoms in total. The Morgan fingerprint density at radius 3 is 2.58 bits per heavy atom. The fourth-order valence-electron chi connectivity index (χ4n) is 1.17. The number of hydrogen-bond donors (Lipinski definition) is 0. The van der Waals surface area contributed by atoms with E-state index in [-0.39, 0.29) is 18.1 Å². The second-order valence-corrected chi connectivity index (χ2v) is 4.90. The second kappa shape index (κ2) is 3.43. The Balaban J connectivity index is 2.66. The Morgan fingerprint density at radius 2 is 2.17 bits per heavy atom. The predicted molar refractivity (Wildman–Crippen MR) is 45.0 cm³/mol. The molecule has 1 aliphatic rings. The molecule has 0 aromatic heterocycles. The van der Waals surface area contributed by atoms with Gasteiger partial charge in [0.05, 0.1) is 5.75 Å². The maximum Gasteiger partial charge on any atom is 0.237 e. The fourth-order valence-corrected chi connectivity index (χ4v) is 2.63. The Kier molecular flexibility index (Phi) is 2.72. The molecule has 0 bridgehead atoms. The van der Waals surface area contributed by atoms with Crippen molar-refractivity contribution >= 4 is 15.9 Å². The quantitative estimate of drug-likeness (QED) is 0.646. The predicted octanol–water partition coefficient (Wildman–Crippen LogP) is 0.349. The SMILES string of the molecule is CCCCN1C(=O)CCS1(=O)=O. The molecule has 0 atom stereocenters. The lowest BCUT2D eigenvalue weighted by atomic mass is 10.3. The van der Waals surface area contributed by atoms with Gasteiger partial charge in [0.25, 0.3) is 0 Å². The van der Waals surface area contributed by atoms with E-state index in [2.05, 4.69) is 0 Å². The van der Waals surface area contributed by atoms with E-state index in [1.165, 1.54) is 0 Å². The number of nitrogens with zero attached hydrogens (tertiary/aromatic N) is 1. The minimum Gasteiger partial charge on any atom is -0.274 e. The van der Waals surface area contributed by atoms with Gasteiger partial charge in [-0.2, -0.15) is 0 Å². The monoisotopic (exact) mass is 191 g/mol. The normalized spacial score (nSPS) is 21.8. The molecule has 1 heterocycles. The van der Waals surface area contributed by atoms with E-state index in [0.29, 0.717) is 6.54 Å². The van der Waals surface area contributed by atoms with Gasteiger partial charge < -0.3 is 0 Å². The van der Waals surface area contributed by atoms with E-state index < -0.39 is 10.0 Å². The first-order valence-corrected chi connectivity index (χ1v) is 5.72. The van der Waals surface area contributed by atoms with Gasteiger partial charge in [0.1, 0.15) is 0 Å². The van der Waals surface area contributed by atoms with Crippen molar-refractivity contribution in [1.82, 2.24) is 4.31 Å². The highest BCUT2D eigenvalue weighted by molar-refractivity contribution is 7.90. The Labute approximate surface area is 72.6 Å². The lowest BCUT2D eigenvalue weighted by molar-refractivity contribution is -0.125. The van der Waals surface area contributed by atoms with E-state index in [9.17, 15) is 13.2 Å². The van der Waals surface area contributed by atoms with Crippen LogP contribution in [-0.2, 0) is 14.8 Å². The van der Waals surface area contributed by atoms with Crippen molar-refractivity contribution in [3.63, 3.8) is 0 Å². The summed E-state index contributed by atoms with van der Waals surface area (Å²) in [5, 5.41) is 0. The first-order chi connectivity index (χ1) is 5.58. The van der Waals surface area contributed by atoms with Crippen LogP contribution in [0.1, 0.15) is 26.2 Å². The second-order valence-electron chi connectivity index (χ2n) is 2.89. The third kappa shape index (κ3) is 1.77. The molecule has 0 aromatic rings. The summed E-state index contributed by atoms with van der Waals surface area (Å²) >= 11 is 0.